The Morgan fingerprint density at radius 3 is 2.78 bits per heavy atom. The van der Waals surface area contributed by atoms with E-state index in [9.17, 15) is 9.00 Å². The van der Waals surface area contributed by atoms with Crippen molar-refractivity contribution in [1.29, 1.82) is 0 Å². The molecule has 1 fully saturated rings. The zero-order valence-electron chi connectivity index (χ0n) is 15.1. The maximum absolute atomic E-state index is 12.6. The van der Waals surface area contributed by atoms with Gasteiger partial charge in [-0.3, -0.25) is 9.00 Å². The summed E-state index contributed by atoms with van der Waals surface area (Å²) in [6, 6.07) is 12.3. The molecule has 1 aliphatic heterocycles. The summed E-state index contributed by atoms with van der Waals surface area (Å²) in [4.78, 5) is 12.6. The van der Waals surface area contributed by atoms with E-state index in [4.69, 9.17) is 21.1 Å². The molecule has 144 valence electrons. The Hall–Kier alpha value is -1.89. The van der Waals surface area contributed by atoms with Gasteiger partial charge in [0, 0.05) is 45.7 Å². The van der Waals surface area contributed by atoms with E-state index in [-0.39, 0.29) is 11.2 Å². The molecule has 1 heterocycles. The van der Waals surface area contributed by atoms with Crippen molar-refractivity contribution in [2.75, 3.05) is 25.6 Å². The highest BCUT2D eigenvalue weighted by atomic mass is 35.5. The molecular weight excluding hydrogens is 386 g/mol. The zero-order chi connectivity index (χ0) is 19.2. The van der Waals surface area contributed by atoms with Gasteiger partial charge in [0.2, 0.25) is 0 Å². The number of nitrogens with one attached hydrogen (secondary N) is 1. The highest BCUT2D eigenvalue weighted by Gasteiger charge is 2.20. The number of rotatable bonds is 6. The number of amides is 1. The average molecular weight is 408 g/mol. The number of carbonyl (C=O) groups excluding carboxylic acids is 1. The number of benzene rings is 2. The normalized spacial score (nSPS) is 15.9. The molecular formula is C20H22ClNO4S. The fraction of sp³-hybridized carbons (Fsp3) is 0.350. The number of halogens is 1. The Bertz CT molecular complexity index is 836. The fourth-order valence-electron chi connectivity index (χ4n) is 3.02. The second kappa shape index (κ2) is 9.35. The highest BCUT2D eigenvalue weighted by molar-refractivity contribution is 7.84. The van der Waals surface area contributed by atoms with Crippen LogP contribution in [0.4, 0.5) is 5.69 Å². The maximum Gasteiger partial charge on any atom is 0.259 e. The summed E-state index contributed by atoms with van der Waals surface area (Å²) in [6.07, 6.45) is 1.66. The van der Waals surface area contributed by atoms with Crippen molar-refractivity contribution in [3.63, 3.8) is 0 Å². The van der Waals surface area contributed by atoms with Gasteiger partial charge in [0.05, 0.1) is 12.7 Å². The van der Waals surface area contributed by atoms with Crippen LogP contribution in [0.25, 0.3) is 0 Å². The Morgan fingerprint density at radius 1 is 1.26 bits per heavy atom. The molecule has 1 N–H and O–H groups in total. The van der Waals surface area contributed by atoms with Crippen LogP contribution in [0.5, 0.6) is 5.75 Å². The van der Waals surface area contributed by atoms with E-state index in [0.29, 0.717) is 41.0 Å². The lowest BCUT2D eigenvalue weighted by molar-refractivity contribution is 0.0991. The van der Waals surface area contributed by atoms with Crippen LogP contribution in [0.3, 0.4) is 0 Å². The Labute approximate surface area is 166 Å². The number of anilines is 1. The number of hydrogen-bond donors (Lipinski definition) is 1. The number of hydrogen-bond acceptors (Lipinski definition) is 4. The van der Waals surface area contributed by atoms with Gasteiger partial charge >= 0.3 is 0 Å². The largest absolute Gasteiger partial charge is 0.496 e. The summed E-state index contributed by atoms with van der Waals surface area (Å²) >= 11 is 6.00. The van der Waals surface area contributed by atoms with Crippen molar-refractivity contribution in [2.45, 2.75) is 23.8 Å². The fourth-order valence-corrected chi connectivity index (χ4v) is 4.65. The van der Waals surface area contributed by atoms with E-state index in [1.54, 1.807) is 24.3 Å². The maximum atomic E-state index is 12.6. The molecule has 0 bridgehead atoms. The van der Waals surface area contributed by atoms with Crippen LogP contribution in [-0.2, 0) is 21.3 Å². The summed E-state index contributed by atoms with van der Waals surface area (Å²) in [5.41, 5.74) is 1.93. The standard InChI is InChI=1S/C20H22ClNO4S/c1-25-19-6-5-15(21)12-18(19)20(23)22-16-4-2-3-14(11-16)13-27(24)17-7-9-26-10-8-17/h2-6,11-12,17H,7-10,13H2,1H3,(H,22,23). The molecule has 3 rings (SSSR count). The molecule has 1 atom stereocenters. The van der Waals surface area contributed by atoms with Crippen molar-refractivity contribution < 1.29 is 18.5 Å². The van der Waals surface area contributed by atoms with E-state index < -0.39 is 10.8 Å². The summed E-state index contributed by atoms with van der Waals surface area (Å²) < 4.78 is 23.1. The van der Waals surface area contributed by atoms with Gasteiger partial charge in [0.15, 0.2) is 0 Å². The molecule has 1 amide bonds. The van der Waals surface area contributed by atoms with Gasteiger partial charge in [0.1, 0.15) is 5.75 Å². The molecule has 1 unspecified atom stereocenters. The topological polar surface area (TPSA) is 64.6 Å². The van der Waals surface area contributed by atoms with Gasteiger partial charge in [-0.15, -0.1) is 0 Å². The third-order valence-corrected chi connectivity index (χ3v) is 6.51. The quantitative estimate of drug-likeness (QED) is 0.785. The van der Waals surface area contributed by atoms with E-state index in [2.05, 4.69) is 5.32 Å². The second-order valence-electron chi connectivity index (χ2n) is 6.34. The molecule has 2 aromatic carbocycles. The summed E-state index contributed by atoms with van der Waals surface area (Å²) in [7, 11) is 0.553. The lowest BCUT2D eigenvalue weighted by atomic mass is 10.1. The average Bonchev–Trinajstić information content (AvgIpc) is 2.69. The van der Waals surface area contributed by atoms with Crippen molar-refractivity contribution in [2.24, 2.45) is 0 Å². The molecule has 1 saturated heterocycles. The van der Waals surface area contributed by atoms with Crippen LogP contribution >= 0.6 is 11.6 Å². The summed E-state index contributed by atoms with van der Waals surface area (Å²) in [6.45, 7) is 1.35. The summed E-state index contributed by atoms with van der Waals surface area (Å²) in [5.74, 6) is 0.611. The van der Waals surface area contributed by atoms with E-state index >= 15 is 0 Å². The van der Waals surface area contributed by atoms with Crippen LogP contribution in [0.2, 0.25) is 5.02 Å². The number of ether oxygens (including phenoxy) is 2. The molecule has 0 spiro atoms. The van der Waals surface area contributed by atoms with Crippen LogP contribution in [0.15, 0.2) is 42.5 Å². The second-order valence-corrected chi connectivity index (χ2v) is 8.49. The first kappa shape index (κ1) is 19.9. The molecule has 0 aromatic heterocycles. The molecule has 27 heavy (non-hydrogen) atoms. The lowest BCUT2D eigenvalue weighted by Gasteiger charge is -2.21. The number of methoxy groups -OCH3 is 1. The Balaban J connectivity index is 1.69. The minimum absolute atomic E-state index is 0.174. The summed E-state index contributed by atoms with van der Waals surface area (Å²) in [5, 5.41) is 3.49. The zero-order valence-corrected chi connectivity index (χ0v) is 16.6. The predicted octanol–water partition coefficient (Wildman–Crippen LogP) is 4.03. The third-order valence-electron chi connectivity index (χ3n) is 4.44. The number of carbonyl (C=O) groups is 1. The molecule has 7 heteroatoms. The van der Waals surface area contributed by atoms with E-state index in [0.717, 1.165) is 18.4 Å². The molecule has 0 aliphatic carbocycles. The van der Waals surface area contributed by atoms with Crippen molar-refractivity contribution in [3.8, 4) is 5.75 Å². The lowest BCUT2D eigenvalue weighted by Crippen LogP contribution is -2.25. The first-order valence-corrected chi connectivity index (χ1v) is 10.5. The third kappa shape index (κ3) is 5.31. The molecule has 2 aromatic rings. The SMILES string of the molecule is COc1ccc(Cl)cc1C(=O)Nc1cccc(CS(=O)C2CCOCC2)c1. The Kier molecular flexibility index (Phi) is 6.88. The molecule has 1 aliphatic rings. The van der Waals surface area contributed by atoms with E-state index in [1.807, 2.05) is 18.2 Å². The monoisotopic (exact) mass is 407 g/mol. The van der Waals surface area contributed by atoms with Gasteiger partial charge in [-0.05, 0) is 48.7 Å². The van der Waals surface area contributed by atoms with Gasteiger partial charge in [-0.25, -0.2) is 0 Å². The first-order chi connectivity index (χ1) is 13.1. The van der Waals surface area contributed by atoms with Gasteiger partial charge < -0.3 is 14.8 Å². The van der Waals surface area contributed by atoms with Gasteiger partial charge in [-0.2, -0.15) is 0 Å². The minimum atomic E-state index is -0.953. The van der Waals surface area contributed by atoms with Gasteiger partial charge in [-0.1, -0.05) is 23.7 Å². The minimum Gasteiger partial charge on any atom is -0.496 e. The first-order valence-electron chi connectivity index (χ1n) is 8.75. The predicted molar refractivity (Wildman–Crippen MR) is 108 cm³/mol. The van der Waals surface area contributed by atoms with Crippen molar-refractivity contribution >= 4 is 34.0 Å². The van der Waals surface area contributed by atoms with E-state index in [1.165, 1.54) is 7.11 Å². The van der Waals surface area contributed by atoms with Crippen LogP contribution < -0.4 is 10.1 Å². The van der Waals surface area contributed by atoms with Crippen LogP contribution in [0, 0.1) is 0 Å². The van der Waals surface area contributed by atoms with Crippen molar-refractivity contribution in [3.05, 3.63) is 58.6 Å². The van der Waals surface area contributed by atoms with Crippen LogP contribution in [0.1, 0.15) is 28.8 Å². The molecule has 0 saturated carbocycles. The smallest absolute Gasteiger partial charge is 0.259 e. The Morgan fingerprint density at radius 2 is 2.04 bits per heavy atom. The van der Waals surface area contributed by atoms with Crippen LogP contribution in [-0.4, -0.2) is 35.7 Å². The molecule has 0 radical (unpaired) electrons. The molecule has 5 nitrogen and oxygen atoms in total. The van der Waals surface area contributed by atoms with Gasteiger partial charge in [0.25, 0.3) is 5.91 Å². The highest BCUT2D eigenvalue weighted by Crippen LogP contribution is 2.24. The van der Waals surface area contributed by atoms with Crippen molar-refractivity contribution in [1.82, 2.24) is 0 Å².